The molecular weight excluding hydrogens is 278 g/mol. The van der Waals surface area contributed by atoms with Crippen LogP contribution in [0.15, 0.2) is 43.1 Å². The molecule has 0 radical (unpaired) electrons. The summed E-state index contributed by atoms with van der Waals surface area (Å²) in [6.07, 6.45) is 16.8. The highest BCUT2D eigenvalue weighted by molar-refractivity contribution is 5.70. The first-order valence-electron chi connectivity index (χ1n) is 9.05. The van der Waals surface area contributed by atoms with Gasteiger partial charge >= 0.3 is 0 Å². The fourth-order valence-electron chi connectivity index (χ4n) is 4.08. The molecule has 122 valence electrons. The van der Waals surface area contributed by atoms with E-state index >= 15 is 0 Å². The monoisotopic (exact) mass is 307 g/mol. The van der Waals surface area contributed by atoms with Gasteiger partial charge in [-0.05, 0) is 59.3 Å². The summed E-state index contributed by atoms with van der Waals surface area (Å²) in [5.41, 5.74) is 5.49. The number of allylic oxidation sites excluding steroid dienone is 5. The van der Waals surface area contributed by atoms with Crippen molar-refractivity contribution in [3.8, 4) is 0 Å². The van der Waals surface area contributed by atoms with Crippen LogP contribution in [-0.4, -0.2) is 4.98 Å². The molecule has 0 aliphatic heterocycles. The molecule has 0 N–H and O–H groups in total. The number of hydrogen-bond donors (Lipinski definition) is 0. The standard InChI is InChI=1S/C22H29N/c1-5-6-7-8-9-10-11-16(2)21-13-17-12-18-14-20(22(18,3)4)19(17)15-23-21/h8-11,13,15,18,20H,2,5-7,12,14H2,1,3-4H3/b9-8+,11-10?. The molecule has 2 unspecified atom stereocenters. The summed E-state index contributed by atoms with van der Waals surface area (Å²) >= 11 is 0. The average Bonchev–Trinajstić information content (AvgIpc) is 2.56. The Bertz CT molecular complexity index is 648. The minimum absolute atomic E-state index is 0.469. The highest BCUT2D eigenvalue weighted by atomic mass is 14.7. The first-order chi connectivity index (χ1) is 11.0. The lowest BCUT2D eigenvalue weighted by Crippen LogP contribution is -2.48. The highest BCUT2D eigenvalue weighted by Gasteiger charge is 2.52. The van der Waals surface area contributed by atoms with Crippen LogP contribution in [0.2, 0.25) is 0 Å². The van der Waals surface area contributed by atoms with Gasteiger partial charge in [0.15, 0.2) is 0 Å². The molecule has 0 aromatic carbocycles. The quantitative estimate of drug-likeness (QED) is 0.458. The van der Waals surface area contributed by atoms with Gasteiger partial charge in [-0.1, -0.05) is 64.5 Å². The van der Waals surface area contributed by atoms with Crippen molar-refractivity contribution in [1.82, 2.24) is 4.98 Å². The van der Waals surface area contributed by atoms with E-state index in [0.29, 0.717) is 11.3 Å². The average molecular weight is 307 g/mol. The zero-order valence-electron chi connectivity index (χ0n) is 14.8. The lowest BCUT2D eigenvalue weighted by Gasteiger charge is -2.57. The Balaban J connectivity index is 1.67. The lowest BCUT2D eigenvalue weighted by molar-refractivity contribution is 0.0182. The molecule has 1 heteroatoms. The van der Waals surface area contributed by atoms with E-state index in [-0.39, 0.29) is 0 Å². The summed E-state index contributed by atoms with van der Waals surface area (Å²) in [4.78, 5) is 4.69. The Morgan fingerprint density at radius 3 is 2.96 bits per heavy atom. The van der Waals surface area contributed by atoms with E-state index in [1.165, 1.54) is 36.8 Å². The molecule has 0 amide bonds. The predicted octanol–water partition coefficient (Wildman–Crippen LogP) is 6.08. The molecule has 1 aromatic rings. The Hall–Kier alpha value is -1.63. The topological polar surface area (TPSA) is 12.9 Å². The number of pyridine rings is 1. The number of unbranched alkanes of at least 4 members (excludes halogenated alkanes) is 2. The Kier molecular flexibility index (Phi) is 4.57. The fourth-order valence-corrected chi connectivity index (χ4v) is 4.08. The van der Waals surface area contributed by atoms with Crippen LogP contribution >= 0.6 is 0 Å². The normalized spacial score (nSPS) is 24.7. The van der Waals surface area contributed by atoms with Gasteiger partial charge in [-0.3, -0.25) is 4.98 Å². The summed E-state index contributed by atoms with van der Waals surface area (Å²) in [5, 5.41) is 0. The van der Waals surface area contributed by atoms with E-state index in [9.17, 15) is 0 Å². The number of aromatic nitrogens is 1. The van der Waals surface area contributed by atoms with Gasteiger partial charge in [-0.15, -0.1) is 0 Å². The number of hydrogen-bond acceptors (Lipinski definition) is 1. The van der Waals surface area contributed by atoms with Crippen LogP contribution in [0.1, 0.15) is 69.2 Å². The third-order valence-electron chi connectivity index (χ3n) is 5.93. The van der Waals surface area contributed by atoms with Crippen molar-refractivity contribution in [3.05, 3.63) is 60.0 Å². The van der Waals surface area contributed by atoms with Crippen LogP contribution in [-0.2, 0) is 6.42 Å². The van der Waals surface area contributed by atoms with E-state index in [1.807, 2.05) is 0 Å². The second kappa shape index (κ2) is 6.47. The molecule has 4 rings (SSSR count). The van der Waals surface area contributed by atoms with Crippen molar-refractivity contribution in [2.45, 2.75) is 58.8 Å². The smallest absolute Gasteiger partial charge is 0.0698 e. The van der Waals surface area contributed by atoms with Gasteiger partial charge in [0.25, 0.3) is 0 Å². The minimum Gasteiger partial charge on any atom is -0.256 e. The van der Waals surface area contributed by atoms with E-state index in [1.54, 1.807) is 0 Å². The van der Waals surface area contributed by atoms with Gasteiger partial charge in [0.05, 0.1) is 5.69 Å². The van der Waals surface area contributed by atoms with E-state index in [4.69, 9.17) is 0 Å². The molecule has 1 saturated carbocycles. The summed E-state index contributed by atoms with van der Waals surface area (Å²) in [6, 6.07) is 2.28. The first kappa shape index (κ1) is 16.2. The largest absolute Gasteiger partial charge is 0.256 e. The molecule has 0 saturated heterocycles. The Morgan fingerprint density at radius 2 is 2.22 bits per heavy atom. The molecular formula is C22H29N. The van der Waals surface area contributed by atoms with E-state index < -0.39 is 0 Å². The van der Waals surface area contributed by atoms with Crippen molar-refractivity contribution < 1.29 is 0 Å². The summed E-state index contributed by atoms with van der Waals surface area (Å²) in [6.45, 7) is 11.2. The summed E-state index contributed by atoms with van der Waals surface area (Å²) in [7, 11) is 0. The van der Waals surface area contributed by atoms with Gasteiger partial charge in [-0.2, -0.15) is 0 Å². The van der Waals surface area contributed by atoms with Crippen LogP contribution < -0.4 is 0 Å². The zero-order valence-corrected chi connectivity index (χ0v) is 14.8. The molecule has 0 spiro atoms. The van der Waals surface area contributed by atoms with Gasteiger partial charge in [0, 0.05) is 6.20 Å². The van der Waals surface area contributed by atoms with Gasteiger partial charge in [0.2, 0.25) is 0 Å². The molecule has 1 fully saturated rings. The molecule has 1 nitrogen and oxygen atoms in total. The van der Waals surface area contributed by atoms with Crippen LogP contribution in [0.25, 0.3) is 5.57 Å². The van der Waals surface area contributed by atoms with Gasteiger partial charge < -0.3 is 0 Å². The van der Waals surface area contributed by atoms with Gasteiger partial charge in [-0.25, -0.2) is 0 Å². The third kappa shape index (κ3) is 3.06. The molecule has 23 heavy (non-hydrogen) atoms. The summed E-state index contributed by atoms with van der Waals surface area (Å²) < 4.78 is 0. The minimum atomic E-state index is 0.469. The molecule has 3 aliphatic rings. The predicted molar refractivity (Wildman–Crippen MR) is 99.4 cm³/mol. The van der Waals surface area contributed by atoms with Crippen LogP contribution in [0.5, 0.6) is 0 Å². The van der Waals surface area contributed by atoms with Crippen LogP contribution in [0.3, 0.4) is 0 Å². The van der Waals surface area contributed by atoms with Crippen molar-refractivity contribution in [2.75, 3.05) is 0 Å². The Morgan fingerprint density at radius 1 is 1.39 bits per heavy atom. The molecule has 2 bridgehead atoms. The van der Waals surface area contributed by atoms with Crippen molar-refractivity contribution >= 4 is 5.57 Å². The first-order valence-corrected chi connectivity index (χ1v) is 9.05. The maximum Gasteiger partial charge on any atom is 0.0698 e. The second-order valence-electron chi connectivity index (χ2n) is 7.73. The van der Waals surface area contributed by atoms with Crippen LogP contribution in [0, 0.1) is 11.3 Å². The highest BCUT2D eigenvalue weighted by Crippen LogP contribution is 2.61. The molecule has 1 aromatic heterocycles. The van der Waals surface area contributed by atoms with Crippen LogP contribution in [0.4, 0.5) is 0 Å². The maximum absolute atomic E-state index is 4.69. The van der Waals surface area contributed by atoms with Crippen molar-refractivity contribution in [3.63, 3.8) is 0 Å². The number of rotatable bonds is 6. The van der Waals surface area contributed by atoms with E-state index in [2.05, 4.69) is 68.9 Å². The Labute approximate surface area is 141 Å². The summed E-state index contributed by atoms with van der Waals surface area (Å²) in [5.74, 6) is 1.56. The molecule has 1 heterocycles. The second-order valence-corrected chi connectivity index (χ2v) is 7.73. The SMILES string of the molecule is C=C(C=C/C=C/CCCC)c1cc2c(cn1)C1CC(C2)C1(C)C. The van der Waals surface area contributed by atoms with Gasteiger partial charge in [0.1, 0.15) is 0 Å². The lowest BCUT2D eigenvalue weighted by atomic mass is 9.47. The maximum atomic E-state index is 4.69. The molecule has 3 aliphatic carbocycles. The fraction of sp³-hybridized carbons (Fsp3) is 0.500. The third-order valence-corrected chi connectivity index (χ3v) is 5.93. The van der Waals surface area contributed by atoms with Crippen molar-refractivity contribution in [1.29, 1.82) is 0 Å². The van der Waals surface area contributed by atoms with Crippen molar-refractivity contribution in [2.24, 2.45) is 11.3 Å². The number of nitrogens with zero attached hydrogens (tertiary/aromatic N) is 1. The van der Waals surface area contributed by atoms with E-state index in [0.717, 1.165) is 23.6 Å². The molecule has 2 atom stereocenters. The zero-order chi connectivity index (χ0) is 16.4.